The van der Waals surface area contributed by atoms with Crippen molar-refractivity contribution < 1.29 is 4.52 Å². The summed E-state index contributed by atoms with van der Waals surface area (Å²) in [5, 5.41) is 3.72. The van der Waals surface area contributed by atoms with Gasteiger partial charge in [0.05, 0.1) is 6.54 Å². The van der Waals surface area contributed by atoms with Crippen molar-refractivity contribution in [2.45, 2.75) is 45.6 Å². The van der Waals surface area contributed by atoms with Crippen LogP contribution in [0.4, 0.5) is 0 Å². The van der Waals surface area contributed by atoms with Gasteiger partial charge in [-0.2, -0.15) is 4.98 Å². The van der Waals surface area contributed by atoms with E-state index in [1.165, 1.54) is 19.3 Å². The second-order valence-corrected chi connectivity index (χ2v) is 3.12. The molecule has 0 saturated carbocycles. The number of hydrogen-bond donors (Lipinski definition) is 1. The van der Waals surface area contributed by atoms with Gasteiger partial charge in [0.25, 0.3) is 0 Å². The molecule has 1 aromatic rings. The van der Waals surface area contributed by atoms with E-state index in [1.54, 1.807) is 0 Å². The molecule has 1 aromatic heterocycles. The Labute approximate surface area is 78.5 Å². The van der Waals surface area contributed by atoms with Crippen molar-refractivity contribution in [1.29, 1.82) is 0 Å². The highest BCUT2D eigenvalue weighted by atomic mass is 16.5. The fraction of sp³-hybridized carbons (Fsp3) is 0.778. The molecular weight excluding hydrogens is 166 g/mol. The highest BCUT2D eigenvalue weighted by Crippen LogP contribution is 2.05. The normalized spacial score (nSPS) is 10.6. The maximum Gasteiger partial charge on any atom is 0.226 e. The average Bonchev–Trinajstić information content (AvgIpc) is 2.60. The molecule has 0 atom stereocenters. The van der Waals surface area contributed by atoms with Crippen molar-refractivity contribution in [1.82, 2.24) is 10.1 Å². The second-order valence-electron chi connectivity index (χ2n) is 3.12. The van der Waals surface area contributed by atoms with Gasteiger partial charge in [-0.1, -0.05) is 31.3 Å². The number of nitrogens with two attached hydrogens (primary N) is 1. The highest BCUT2D eigenvalue weighted by Gasteiger charge is 2.03. The molecule has 0 aromatic carbocycles. The molecule has 1 heterocycles. The number of hydrogen-bond acceptors (Lipinski definition) is 4. The van der Waals surface area contributed by atoms with E-state index in [0.717, 1.165) is 18.7 Å². The van der Waals surface area contributed by atoms with Crippen LogP contribution in [0, 0.1) is 0 Å². The molecule has 0 aliphatic heterocycles. The van der Waals surface area contributed by atoms with Crippen LogP contribution in [-0.4, -0.2) is 10.1 Å². The fourth-order valence-corrected chi connectivity index (χ4v) is 1.18. The van der Waals surface area contributed by atoms with Crippen LogP contribution >= 0.6 is 0 Å². The first-order valence-electron chi connectivity index (χ1n) is 4.88. The summed E-state index contributed by atoms with van der Waals surface area (Å²) in [7, 11) is 0. The maximum atomic E-state index is 5.35. The van der Waals surface area contributed by atoms with E-state index in [-0.39, 0.29) is 0 Å². The van der Waals surface area contributed by atoms with Gasteiger partial charge in [0.15, 0.2) is 5.82 Å². The SMILES string of the molecule is CCCCCCc1nc(CN)no1. The molecule has 0 saturated heterocycles. The molecule has 0 unspecified atom stereocenters. The lowest BCUT2D eigenvalue weighted by Gasteiger charge is -1.93. The molecule has 1 rings (SSSR count). The van der Waals surface area contributed by atoms with E-state index in [2.05, 4.69) is 17.1 Å². The predicted octanol–water partition coefficient (Wildman–Crippen LogP) is 1.65. The molecule has 4 heteroatoms. The molecule has 2 N–H and O–H groups in total. The first-order chi connectivity index (χ1) is 6.36. The Morgan fingerprint density at radius 3 is 2.77 bits per heavy atom. The Kier molecular flexibility index (Phi) is 4.46. The molecule has 0 spiro atoms. The number of aryl methyl sites for hydroxylation is 1. The lowest BCUT2D eigenvalue weighted by Crippen LogP contribution is -1.98. The topological polar surface area (TPSA) is 64.9 Å². The molecule has 0 bridgehead atoms. The van der Waals surface area contributed by atoms with E-state index in [9.17, 15) is 0 Å². The number of nitrogens with zero attached hydrogens (tertiary/aromatic N) is 2. The minimum atomic E-state index is 0.360. The summed E-state index contributed by atoms with van der Waals surface area (Å²) in [6.45, 7) is 2.55. The summed E-state index contributed by atoms with van der Waals surface area (Å²) in [6, 6.07) is 0. The maximum absolute atomic E-state index is 5.35. The van der Waals surface area contributed by atoms with Crippen LogP contribution in [0.1, 0.15) is 44.3 Å². The van der Waals surface area contributed by atoms with Crippen LogP contribution in [0.2, 0.25) is 0 Å². The van der Waals surface area contributed by atoms with Crippen molar-refractivity contribution in [3.05, 3.63) is 11.7 Å². The molecule has 4 nitrogen and oxygen atoms in total. The third-order valence-corrected chi connectivity index (χ3v) is 1.94. The van der Waals surface area contributed by atoms with Crippen LogP contribution < -0.4 is 5.73 Å². The summed E-state index contributed by atoms with van der Waals surface area (Å²) in [6.07, 6.45) is 5.76. The van der Waals surface area contributed by atoms with Gasteiger partial charge in [0.1, 0.15) is 0 Å². The summed E-state index contributed by atoms with van der Waals surface area (Å²) < 4.78 is 4.99. The predicted molar refractivity (Wildman–Crippen MR) is 50.0 cm³/mol. The lowest BCUT2D eigenvalue weighted by atomic mass is 10.1. The number of aromatic nitrogens is 2. The van der Waals surface area contributed by atoms with Crippen molar-refractivity contribution in [2.24, 2.45) is 5.73 Å². The smallest absolute Gasteiger partial charge is 0.226 e. The molecule has 0 aliphatic rings. The average molecular weight is 183 g/mol. The lowest BCUT2D eigenvalue weighted by molar-refractivity contribution is 0.369. The van der Waals surface area contributed by atoms with Gasteiger partial charge in [-0.15, -0.1) is 0 Å². The van der Waals surface area contributed by atoms with Gasteiger partial charge < -0.3 is 10.3 Å². The van der Waals surface area contributed by atoms with Crippen LogP contribution in [0.5, 0.6) is 0 Å². The molecule has 0 fully saturated rings. The van der Waals surface area contributed by atoms with Gasteiger partial charge >= 0.3 is 0 Å². The van der Waals surface area contributed by atoms with E-state index in [0.29, 0.717) is 12.4 Å². The van der Waals surface area contributed by atoms with Gasteiger partial charge in [-0.25, -0.2) is 0 Å². The highest BCUT2D eigenvalue weighted by molar-refractivity contribution is 4.84. The molecule has 0 aliphatic carbocycles. The summed E-state index contributed by atoms with van der Waals surface area (Å²) in [5.41, 5.74) is 5.35. The second kappa shape index (κ2) is 5.70. The number of rotatable bonds is 6. The minimum Gasteiger partial charge on any atom is -0.339 e. The monoisotopic (exact) mass is 183 g/mol. The third-order valence-electron chi connectivity index (χ3n) is 1.94. The van der Waals surface area contributed by atoms with Crippen LogP contribution in [0.15, 0.2) is 4.52 Å². The van der Waals surface area contributed by atoms with Gasteiger partial charge in [-0.3, -0.25) is 0 Å². The summed E-state index contributed by atoms with van der Waals surface area (Å²) in [5.74, 6) is 1.32. The van der Waals surface area contributed by atoms with Crippen LogP contribution in [-0.2, 0) is 13.0 Å². The third kappa shape index (κ3) is 3.55. The van der Waals surface area contributed by atoms with E-state index in [1.807, 2.05) is 0 Å². The zero-order valence-corrected chi connectivity index (χ0v) is 8.12. The van der Waals surface area contributed by atoms with Crippen molar-refractivity contribution >= 4 is 0 Å². The van der Waals surface area contributed by atoms with Crippen molar-refractivity contribution in [2.75, 3.05) is 0 Å². The molecule has 74 valence electrons. The summed E-state index contributed by atoms with van der Waals surface area (Å²) >= 11 is 0. The molecule has 13 heavy (non-hydrogen) atoms. The number of unbranched alkanes of at least 4 members (excludes halogenated alkanes) is 3. The quantitative estimate of drug-likeness (QED) is 0.681. The van der Waals surface area contributed by atoms with Crippen LogP contribution in [0.3, 0.4) is 0 Å². The van der Waals surface area contributed by atoms with E-state index < -0.39 is 0 Å². The Balaban J connectivity index is 2.20. The van der Waals surface area contributed by atoms with Crippen molar-refractivity contribution in [3.63, 3.8) is 0 Å². The minimum absolute atomic E-state index is 0.360. The van der Waals surface area contributed by atoms with E-state index in [4.69, 9.17) is 10.3 Å². The van der Waals surface area contributed by atoms with E-state index >= 15 is 0 Å². The Morgan fingerprint density at radius 2 is 2.15 bits per heavy atom. The Hall–Kier alpha value is -0.900. The molecule has 0 amide bonds. The summed E-state index contributed by atoms with van der Waals surface area (Å²) in [4.78, 5) is 4.12. The van der Waals surface area contributed by atoms with Gasteiger partial charge in [0.2, 0.25) is 5.89 Å². The zero-order valence-electron chi connectivity index (χ0n) is 8.12. The fourth-order valence-electron chi connectivity index (χ4n) is 1.18. The Bertz CT molecular complexity index is 235. The largest absolute Gasteiger partial charge is 0.339 e. The first-order valence-corrected chi connectivity index (χ1v) is 4.88. The molecule has 0 radical (unpaired) electrons. The standard InChI is InChI=1S/C9H17N3O/c1-2-3-4-5-6-9-11-8(7-10)12-13-9/h2-7,10H2,1H3. The first kappa shape index (κ1) is 10.2. The van der Waals surface area contributed by atoms with Gasteiger partial charge in [0, 0.05) is 6.42 Å². The van der Waals surface area contributed by atoms with Crippen molar-refractivity contribution in [3.8, 4) is 0 Å². The van der Waals surface area contributed by atoms with Gasteiger partial charge in [-0.05, 0) is 6.42 Å². The van der Waals surface area contributed by atoms with Crippen LogP contribution in [0.25, 0.3) is 0 Å². The zero-order chi connectivity index (χ0) is 9.52. The molecular formula is C9H17N3O. The Morgan fingerprint density at radius 1 is 1.31 bits per heavy atom.